The largest absolute Gasteiger partial charge is 0.168 e. The maximum atomic E-state index is 6.46. The minimum atomic E-state index is -1.44. The van der Waals surface area contributed by atoms with Gasteiger partial charge < -0.3 is 0 Å². The van der Waals surface area contributed by atoms with Gasteiger partial charge in [-0.3, -0.25) is 0 Å². The quantitative estimate of drug-likeness (QED) is 0.555. The smallest absolute Gasteiger partial charge is 0.150 e. The first kappa shape index (κ1) is 15.6. The van der Waals surface area contributed by atoms with Gasteiger partial charge in [0.2, 0.25) is 0 Å². The van der Waals surface area contributed by atoms with Crippen LogP contribution in [0, 0.1) is 0 Å². The highest BCUT2D eigenvalue weighted by Gasteiger charge is 2.20. The molecule has 0 saturated heterocycles. The molecule has 3 heteroatoms. The fraction of sp³-hybridized carbons (Fsp3) is 0.294. The van der Waals surface area contributed by atoms with E-state index in [1.807, 2.05) is 0 Å². The molecule has 0 amide bonds. The van der Waals surface area contributed by atoms with Crippen LogP contribution < -0.4 is 10.4 Å². The molecule has 0 saturated carbocycles. The molecule has 0 N–H and O–H groups in total. The van der Waals surface area contributed by atoms with Gasteiger partial charge in [-0.1, -0.05) is 96.6 Å². The summed E-state index contributed by atoms with van der Waals surface area (Å²) in [5.74, 6) is 0. The van der Waals surface area contributed by atoms with E-state index in [0.717, 1.165) is 0 Å². The van der Waals surface area contributed by atoms with E-state index in [9.17, 15) is 0 Å². The van der Waals surface area contributed by atoms with Crippen molar-refractivity contribution in [3.8, 4) is 0 Å². The first-order valence-electron chi connectivity index (χ1n) is 7.22. The normalized spacial score (nSPS) is 11.8. The summed E-state index contributed by atoms with van der Waals surface area (Å²) in [4.78, 5) is 0. The molecule has 0 heterocycles. The van der Waals surface area contributed by atoms with Crippen LogP contribution in [0.4, 0.5) is 0 Å². The molecule has 0 aliphatic heterocycles. The van der Waals surface area contributed by atoms with Crippen LogP contribution in [-0.2, 0) is 0 Å². The average Bonchev–Trinajstić information content (AvgIpc) is 2.44. The first-order chi connectivity index (χ1) is 9.56. The van der Waals surface area contributed by atoms with Crippen LogP contribution in [0.15, 0.2) is 60.7 Å². The summed E-state index contributed by atoms with van der Waals surface area (Å²) in [6, 6.07) is 24.4. The number of hydrogen-bond donors (Lipinski definition) is 0. The summed E-state index contributed by atoms with van der Waals surface area (Å²) >= 11 is 6.46. The predicted molar refractivity (Wildman–Crippen MR) is 95.5 cm³/mol. The third kappa shape index (κ3) is 4.93. The van der Waals surface area contributed by atoms with Crippen molar-refractivity contribution in [3.05, 3.63) is 60.7 Å². The second-order valence-electron chi connectivity index (χ2n) is 5.78. The molecule has 0 nitrogen and oxygen atoms in total. The SMILES string of the molecule is C[Si](C)(Cl)CCC[Si](c1ccccc1)c1ccccc1. The van der Waals surface area contributed by atoms with Gasteiger partial charge in [0.15, 0.2) is 0 Å². The Hall–Kier alpha value is -0.836. The Morgan fingerprint density at radius 3 is 1.70 bits per heavy atom. The molecule has 0 bridgehead atoms. The fourth-order valence-electron chi connectivity index (χ4n) is 2.42. The van der Waals surface area contributed by atoms with Crippen molar-refractivity contribution < 1.29 is 0 Å². The number of halogens is 1. The summed E-state index contributed by atoms with van der Waals surface area (Å²) < 4.78 is 0. The lowest BCUT2D eigenvalue weighted by Crippen LogP contribution is -2.42. The topological polar surface area (TPSA) is 0 Å². The van der Waals surface area contributed by atoms with Crippen LogP contribution in [0.1, 0.15) is 6.42 Å². The maximum absolute atomic E-state index is 6.46. The van der Waals surface area contributed by atoms with Crippen LogP contribution in [-0.4, -0.2) is 16.2 Å². The van der Waals surface area contributed by atoms with Gasteiger partial charge in [0, 0.05) is 0 Å². The molecule has 105 valence electrons. The van der Waals surface area contributed by atoms with Crippen LogP contribution in [0.25, 0.3) is 0 Å². The van der Waals surface area contributed by atoms with E-state index in [-0.39, 0.29) is 0 Å². The van der Waals surface area contributed by atoms with Crippen LogP contribution in [0.3, 0.4) is 0 Å². The second-order valence-corrected chi connectivity index (χ2v) is 15.4. The van der Waals surface area contributed by atoms with Crippen molar-refractivity contribution in [3.63, 3.8) is 0 Å². The van der Waals surface area contributed by atoms with Crippen molar-refractivity contribution in [1.82, 2.24) is 0 Å². The van der Waals surface area contributed by atoms with Gasteiger partial charge in [-0.2, -0.15) is 11.1 Å². The van der Waals surface area contributed by atoms with Gasteiger partial charge in [0.25, 0.3) is 0 Å². The molecule has 0 aliphatic carbocycles. The second kappa shape index (κ2) is 7.25. The molecule has 0 spiro atoms. The molecular weight excluding hydrogens is 296 g/mol. The van der Waals surface area contributed by atoms with E-state index in [4.69, 9.17) is 11.1 Å². The van der Waals surface area contributed by atoms with Gasteiger partial charge >= 0.3 is 0 Å². The highest BCUT2D eigenvalue weighted by atomic mass is 35.6. The molecule has 0 fully saturated rings. The zero-order valence-electron chi connectivity index (χ0n) is 12.3. The van der Waals surface area contributed by atoms with E-state index in [1.165, 1.54) is 28.9 Å². The van der Waals surface area contributed by atoms with Crippen molar-refractivity contribution >= 4 is 37.6 Å². The van der Waals surface area contributed by atoms with Gasteiger partial charge in [-0.05, 0) is 6.04 Å². The fourth-order valence-corrected chi connectivity index (χ4v) is 6.82. The Labute approximate surface area is 130 Å². The molecule has 1 radical (unpaired) electrons. The summed E-state index contributed by atoms with van der Waals surface area (Å²) in [5.41, 5.74) is 0. The number of hydrogen-bond acceptors (Lipinski definition) is 0. The van der Waals surface area contributed by atoms with Crippen molar-refractivity contribution in [1.29, 1.82) is 0 Å². The Morgan fingerprint density at radius 2 is 1.30 bits per heavy atom. The lowest BCUT2D eigenvalue weighted by Gasteiger charge is -2.18. The van der Waals surface area contributed by atoms with E-state index in [1.54, 1.807) is 0 Å². The summed E-state index contributed by atoms with van der Waals surface area (Å²) in [6.07, 6.45) is 1.25. The lowest BCUT2D eigenvalue weighted by atomic mass is 10.4. The molecule has 0 aromatic heterocycles. The molecular formula is C17H22ClSi2. The molecule has 0 atom stereocenters. The van der Waals surface area contributed by atoms with E-state index < -0.39 is 16.2 Å². The maximum Gasteiger partial charge on any atom is 0.150 e. The zero-order valence-corrected chi connectivity index (χ0v) is 15.0. The van der Waals surface area contributed by atoms with Gasteiger partial charge in [0.05, 0.1) is 0 Å². The lowest BCUT2D eigenvalue weighted by molar-refractivity contribution is 1.04. The van der Waals surface area contributed by atoms with Crippen molar-refractivity contribution in [2.45, 2.75) is 31.6 Å². The van der Waals surface area contributed by atoms with Crippen LogP contribution in [0.5, 0.6) is 0 Å². The number of rotatable bonds is 6. The molecule has 20 heavy (non-hydrogen) atoms. The molecule has 0 unspecified atom stereocenters. The Morgan fingerprint density at radius 1 is 0.850 bits per heavy atom. The van der Waals surface area contributed by atoms with E-state index in [0.29, 0.717) is 0 Å². The summed E-state index contributed by atoms with van der Waals surface area (Å²) in [6.45, 7) is 4.48. The van der Waals surface area contributed by atoms with Gasteiger partial charge in [-0.25, -0.2) is 0 Å². The predicted octanol–water partition coefficient (Wildman–Crippen LogP) is 4.13. The monoisotopic (exact) mass is 317 g/mol. The Kier molecular flexibility index (Phi) is 5.64. The van der Waals surface area contributed by atoms with Gasteiger partial charge in [0.1, 0.15) is 16.2 Å². The minimum Gasteiger partial charge on any atom is -0.168 e. The highest BCUT2D eigenvalue weighted by Crippen LogP contribution is 2.18. The van der Waals surface area contributed by atoms with Crippen LogP contribution in [0.2, 0.25) is 25.2 Å². The van der Waals surface area contributed by atoms with Crippen molar-refractivity contribution in [2.24, 2.45) is 0 Å². The number of benzene rings is 2. The molecule has 2 rings (SSSR count). The minimum absolute atomic E-state index is 0.658. The van der Waals surface area contributed by atoms with Crippen LogP contribution >= 0.6 is 11.1 Å². The molecule has 0 aliphatic rings. The zero-order chi connectivity index (χ0) is 14.4. The Bertz CT molecular complexity index is 466. The molecule has 2 aromatic carbocycles. The van der Waals surface area contributed by atoms with Gasteiger partial charge in [-0.15, -0.1) is 0 Å². The van der Waals surface area contributed by atoms with E-state index >= 15 is 0 Å². The first-order valence-corrected chi connectivity index (χ1v) is 13.1. The third-order valence-corrected chi connectivity index (χ3v) is 8.47. The standard InChI is InChI=1S/C17H22ClSi2/c1-20(2,18)15-9-14-19(16-10-5-3-6-11-16)17-12-7-4-8-13-17/h3-8,10-13H,9,14-15H2,1-2H3. The van der Waals surface area contributed by atoms with E-state index in [2.05, 4.69) is 73.8 Å². The summed E-state index contributed by atoms with van der Waals surface area (Å²) in [7, 11) is -2.10. The average molecular weight is 318 g/mol. The Balaban J connectivity index is 2.13. The molecule has 2 aromatic rings. The summed E-state index contributed by atoms with van der Waals surface area (Å²) in [5, 5.41) is 3.02. The highest BCUT2D eigenvalue weighted by molar-refractivity contribution is 7.19. The third-order valence-electron chi connectivity index (χ3n) is 3.44. The van der Waals surface area contributed by atoms with Crippen molar-refractivity contribution in [2.75, 3.05) is 0 Å².